The van der Waals surface area contributed by atoms with E-state index in [-0.39, 0.29) is 27.4 Å². The molecule has 7 rings (SSSR count). The van der Waals surface area contributed by atoms with Gasteiger partial charge in [-0.25, -0.2) is 4.98 Å². The zero-order valence-corrected chi connectivity index (χ0v) is 34.1. The molecule has 5 heteroatoms. The Hall–Kier alpha value is -5.29. The number of rotatable bonds is 4. The lowest BCUT2D eigenvalue weighted by Gasteiger charge is -2.22. The molecule has 276 valence electrons. The number of fused-ring (bicyclic) bond motifs is 2. The molecule has 3 heterocycles. The van der Waals surface area contributed by atoms with Crippen LogP contribution in [0.2, 0.25) is 0 Å². The van der Waals surface area contributed by atoms with E-state index in [9.17, 15) is 5.11 Å². The molecule has 0 atom stereocenters. The van der Waals surface area contributed by atoms with Crippen molar-refractivity contribution in [2.24, 2.45) is 0 Å². The fraction of sp³-hybridized carbons (Fsp3) is 0.327. The molecule has 0 saturated carbocycles. The second kappa shape index (κ2) is 12.9. The van der Waals surface area contributed by atoms with Crippen molar-refractivity contribution in [2.45, 2.75) is 105 Å². The van der Waals surface area contributed by atoms with Crippen LogP contribution in [-0.2, 0) is 21.7 Å². The highest BCUT2D eigenvalue weighted by molar-refractivity contribution is 5.99. The van der Waals surface area contributed by atoms with E-state index in [0.29, 0.717) is 11.4 Å². The van der Waals surface area contributed by atoms with Crippen molar-refractivity contribution >= 4 is 22.1 Å². The Balaban J connectivity index is 1.53. The maximum atomic E-state index is 11.5. The molecular formula is C49H54N4O. The molecule has 0 bridgehead atoms. The van der Waals surface area contributed by atoms with Gasteiger partial charge in [0.15, 0.2) is 0 Å². The summed E-state index contributed by atoms with van der Waals surface area (Å²) in [5, 5.41) is 11.5. The van der Waals surface area contributed by atoms with Gasteiger partial charge in [-0.1, -0.05) is 119 Å². The van der Waals surface area contributed by atoms with E-state index in [4.69, 9.17) is 15.0 Å². The highest BCUT2D eigenvalue weighted by atomic mass is 16.3. The fourth-order valence-electron chi connectivity index (χ4n) is 7.30. The third kappa shape index (κ3) is 6.81. The standard InChI is InChI=1S/C49H54N4O/c1-46(2,3)32-16-19-35(20-17-32)53-40-29-34(48(7,8)9)28-37(42(40)52-45(53)38-27-33(47(4,5)6)18-21-41(38)54)31-15-13-14-30(26-31)36-22-24-51-44-39(49(10,11)12)23-25-50-43(36)44/h13-29,54H,1-12H3. The molecule has 1 N–H and O–H groups in total. The summed E-state index contributed by atoms with van der Waals surface area (Å²) >= 11 is 0. The van der Waals surface area contributed by atoms with Crippen LogP contribution in [0.5, 0.6) is 5.75 Å². The average Bonchev–Trinajstić information content (AvgIpc) is 3.48. The van der Waals surface area contributed by atoms with Gasteiger partial charge >= 0.3 is 0 Å². The maximum absolute atomic E-state index is 11.5. The minimum Gasteiger partial charge on any atom is -0.507 e. The van der Waals surface area contributed by atoms with Crippen LogP contribution < -0.4 is 0 Å². The van der Waals surface area contributed by atoms with Crippen LogP contribution in [0.4, 0.5) is 0 Å². The monoisotopic (exact) mass is 714 g/mol. The smallest absolute Gasteiger partial charge is 0.149 e. The summed E-state index contributed by atoms with van der Waals surface area (Å²) in [5.41, 5.74) is 14.1. The van der Waals surface area contributed by atoms with Gasteiger partial charge < -0.3 is 5.11 Å². The highest BCUT2D eigenvalue weighted by Crippen LogP contribution is 2.42. The number of imidazole rings is 1. The molecule has 0 saturated heterocycles. The number of phenolic OH excluding ortho intramolecular Hbond substituents is 1. The van der Waals surface area contributed by atoms with Gasteiger partial charge in [-0.3, -0.25) is 14.5 Å². The lowest BCUT2D eigenvalue weighted by Crippen LogP contribution is -2.12. The molecule has 3 aromatic heterocycles. The molecule has 0 amide bonds. The number of nitrogens with zero attached hydrogens (tertiary/aromatic N) is 4. The Labute approximate surface area is 321 Å². The van der Waals surface area contributed by atoms with Crippen LogP contribution in [0.1, 0.15) is 105 Å². The number of aromatic nitrogens is 4. The fourth-order valence-corrected chi connectivity index (χ4v) is 7.30. The SMILES string of the molecule is CC(C)(C)c1ccc(-n2c(-c3cc(C(C)(C)C)ccc3O)nc3c(-c4cccc(-c5ccnc6c(C(C)(C)C)ccnc56)c4)cc(C(C)(C)C)cc32)cc1. The second-order valence-corrected chi connectivity index (χ2v) is 18.9. The predicted octanol–water partition coefficient (Wildman–Crippen LogP) is 12.9. The van der Waals surface area contributed by atoms with E-state index in [1.807, 2.05) is 24.5 Å². The molecule has 0 spiro atoms. The molecule has 0 unspecified atom stereocenters. The minimum atomic E-state index is -0.144. The molecular weight excluding hydrogens is 661 g/mol. The van der Waals surface area contributed by atoms with Crippen LogP contribution in [0.15, 0.2) is 103 Å². The molecule has 0 radical (unpaired) electrons. The zero-order valence-electron chi connectivity index (χ0n) is 34.1. The van der Waals surface area contributed by atoms with Crippen molar-refractivity contribution in [3.63, 3.8) is 0 Å². The third-order valence-corrected chi connectivity index (χ3v) is 10.6. The highest BCUT2D eigenvalue weighted by Gasteiger charge is 2.26. The van der Waals surface area contributed by atoms with Crippen LogP contribution >= 0.6 is 0 Å². The molecule has 4 aromatic carbocycles. The summed E-state index contributed by atoms with van der Waals surface area (Å²) < 4.78 is 2.24. The Morgan fingerprint density at radius 1 is 0.481 bits per heavy atom. The van der Waals surface area contributed by atoms with Gasteiger partial charge in [-0.15, -0.1) is 0 Å². The molecule has 0 fully saturated rings. The number of hydrogen-bond donors (Lipinski definition) is 1. The normalized spacial score (nSPS) is 12.9. The van der Waals surface area contributed by atoms with E-state index in [1.54, 1.807) is 0 Å². The van der Waals surface area contributed by atoms with Crippen molar-refractivity contribution in [2.75, 3.05) is 0 Å². The van der Waals surface area contributed by atoms with Crippen molar-refractivity contribution in [1.82, 2.24) is 19.5 Å². The van der Waals surface area contributed by atoms with E-state index in [0.717, 1.165) is 55.6 Å². The first kappa shape index (κ1) is 37.0. The average molecular weight is 715 g/mol. The molecule has 5 nitrogen and oxygen atoms in total. The first-order valence-electron chi connectivity index (χ1n) is 19.1. The predicted molar refractivity (Wildman–Crippen MR) is 227 cm³/mol. The summed E-state index contributed by atoms with van der Waals surface area (Å²) in [6, 6.07) is 32.2. The quantitative estimate of drug-likeness (QED) is 0.197. The van der Waals surface area contributed by atoms with Gasteiger partial charge in [-0.2, -0.15) is 0 Å². The van der Waals surface area contributed by atoms with Crippen molar-refractivity contribution in [3.8, 4) is 45.1 Å². The Kier molecular flexibility index (Phi) is 8.87. The topological polar surface area (TPSA) is 63.8 Å². The second-order valence-electron chi connectivity index (χ2n) is 18.9. The van der Waals surface area contributed by atoms with Crippen molar-refractivity contribution in [1.29, 1.82) is 0 Å². The van der Waals surface area contributed by atoms with Crippen molar-refractivity contribution in [3.05, 3.63) is 126 Å². The summed E-state index contributed by atoms with van der Waals surface area (Å²) in [5.74, 6) is 0.914. The van der Waals surface area contributed by atoms with Gasteiger partial charge in [0.1, 0.15) is 11.6 Å². The number of phenols is 1. The summed E-state index contributed by atoms with van der Waals surface area (Å²) in [6.45, 7) is 26.7. The van der Waals surface area contributed by atoms with Gasteiger partial charge in [-0.05, 0) is 110 Å². The van der Waals surface area contributed by atoms with Gasteiger partial charge in [0.25, 0.3) is 0 Å². The van der Waals surface area contributed by atoms with E-state index in [1.165, 1.54) is 16.7 Å². The van der Waals surface area contributed by atoms with E-state index in [2.05, 4.69) is 167 Å². The first-order valence-corrected chi connectivity index (χ1v) is 19.1. The van der Waals surface area contributed by atoms with Crippen LogP contribution in [0.25, 0.3) is 61.4 Å². The van der Waals surface area contributed by atoms with E-state index >= 15 is 0 Å². The summed E-state index contributed by atoms with van der Waals surface area (Å²) in [7, 11) is 0. The van der Waals surface area contributed by atoms with E-state index < -0.39 is 0 Å². The van der Waals surface area contributed by atoms with Gasteiger partial charge in [0, 0.05) is 29.2 Å². The number of hydrogen-bond acceptors (Lipinski definition) is 4. The van der Waals surface area contributed by atoms with Crippen molar-refractivity contribution < 1.29 is 5.11 Å². The molecule has 0 aliphatic rings. The molecule has 0 aliphatic carbocycles. The number of pyridine rings is 2. The van der Waals surface area contributed by atoms with Crippen LogP contribution in [-0.4, -0.2) is 24.6 Å². The lowest BCUT2D eigenvalue weighted by molar-refractivity contribution is 0.475. The van der Waals surface area contributed by atoms with Gasteiger partial charge in [0.2, 0.25) is 0 Å². The Morgan fingerprint density at radius 3 is 1.69 bits per heavy atom. The summed E-state index contributed by atoms with van der Waals surface area (Å²) in [4.78, 5) is 15.2. The third-order valence-electron chi connectivity index (χ3n) is 10.6. The Morgan fingerprint density at radius 2 is 1.06 bits per heavy atom. The van der Waals surface area contributed by atoms with Gasteiger partial charge in [0.05, 0.1) is 27.6 Å². The number of aromatic hydroxyl groups is 1. The first-order chi connectivity index (χ1) is 25.2. The Bertz CT molecular complexity index is 2530. The maximum Gasteiger partial charge on any atom is 0.149 e. The molecule has 7 aromatic rings. The summed E-state index contributed by atoms with van der Waals surface area (Å²) in [6.07, 6.45) is 3.80. The molecule has 54 heavy (non-hydrogen) atoms. The lowest BCUT2D eigenvalue weighted by atomic mass is 9.84. The minimum absolute atomic E-state index is 0.0131. The number of benzene rings is 4. The largest absolute Gasteiger partial charge is 0.507 e. The van der Waals surface area contributed by atoms with Crippen LogP contribution in [0, 0.1) is 0 Å². The zero-order chi connectivity index (χ0) is 39.0. The van der Waals surface area contributed by atoms with Crippen LogP contribution in [0.3, 0.4) is 0 Å². The molecule has 0 aliphatic heterocycles.